The molecule has 0 saturated carbocycles. The maximum absolute atomic E-state index is 12.8. The maximum atomic E-state index is 12.8. The first-order chi connectivity index (χ1) is 13.0. The van der Waals surface area contributed by atoms with E-state index in [0.29, 0.717) is 25.9 Å². The quantitative estimate of drug-likeness (QED) is 0.766. The number of imide groups is 1. The van der Waals surface area contributed by atoms with Crippen molar-refractivity contribution in [3.63, 3.8) is 0 Å². The molecule has 2 saturated heterocycles. The fourth-order valence-corrected chi connectivity index (χ4v) is 3.70. The van der Waals surface area contributed by atoms with Crippen LogP contribution in [0.3, 0.4) is 0 Å². The zero-order valence-electron chi connectivity index (χ0n) is 16.1. The number of aryl methyl sites for hydroxylation is 1. The molecular formula is C20H28N4O3. The van der Waals surface area contributed by atoms with E-state index in [9.17, 15) is 14.4 Å². The van der Waals surface area contributed by atoms with Gasteiger partial charge in [-0.3, -0.25) is 14.5 Å². The van der Waals surface area contributed by atoms with Crippen LogP contribution in [0.4, 0.5) is 4.79 Å². The van der Waals surface area contributed by atoms with Crippen molar-refractivity contribution in [3.8, 4) is 0 Å². The Morgan fingerprint density at radius 1 is 1.22 bits per heavy atom. The minimum Gasteiger partial charge on any atom is -0.333 e. The van der Waals surface area contributed by atoms with E-state index < -0.39 is 0 Å². The topological polar surface area (TPSA) is 73.0 Å². The summed E-state index contributed by atoms with van der Waals surface area (Å²) in [5.41, 5.74) is 2.42. The molecular weight excluding hydrogens is 344 g/mol. The van der Waals surface area contributed by atoms with E-state index in [2.05, 4.69) is 36.5 Å². The number of carbonyl (C=O) groups excluding carboxylic acids is 3. The molecule has 1 N–H and O–H groups in total. The molecule has 0 radical (unpaired) electrons. The smallest absolute Gasteiger partial charge is 0.326 e. The first kappa shape index (κ1) is 19.4. The highest BCUT2D eigenvalue weighted by molar-refractivity contribution is 6.01. The molecule has 4 amide bonds. The average Bonchev–Trinajstić information content (AvgIpc) is 2.94. The summed E-state index contributed by atoms with van der Waals surface area (Å²) in [4.78, 5) is 41.1. The predicted molar refractivity (Wildman–Crippen MR) is 102 cm³/mol. The summed E-state index contributed by atoms with van der Waals surface area (Å²) < 4.78 is 0. The third-order valence-corrected chi connectivity index (χ3v) is 5.34. The van der Waals surface area contributed by atoms with Crippen LogP contribution in [-0.2, 0) is 16.0 Å². The van der Waals surface area contributed by atoms with Crippen molar-refractivity contribution >= 4 is 17.8 Å². The summed E-state index contributed by atoms with van der Waals surface area (Å²) in [6.45, 7) is 4.74. The van der Waals surface area contributed by atoms with Gasteiger partial charge in [0, 0.05) is 39.6 Å². The summed E-state index contributed by atoms with van der Waals surface area (Å²) in [5, 5.41) is 3.37. The first-order valence-electron chi connectivity index (χ1n) is 9.65. The maximum Gasteiger partial charge on any atom is 0.326 e. The molecule has 7 heteroatoms. The molecule has 7 nitrogen and oxygen atoms in total. The van der Waals surface area contributed by atoms with Gasteiger partial charge in [0.2, 0.25) is 11.8 Å². The van der Waals surface area contributed by atoms with Gasteiger partial charge in [-0.15, -0.1) is 0 Å². The Kier molecular flexibility index (Phi) is 6.11. The van der Waals surface area contributed by atoms with Crippen LogP contribution in [0.15, 0.2) is 24.3 Å². The summed E-state index contributed by atoms with van der Waals surface area (Å²) in [6, 6.07) is 8.20. The summed E-state index contributed by atoms with van der Waals surface area (Å²) in [5.74, 6) is -0.112. The van der Waals surface area contributed by atoms with Crippen LogP contribution >= 0.6 is 0 Å². The van der Waals surface area contributed by atoms with Crippen molar-refractivity contribution < 1.29 is 14.4 Å². The van der Waals surface area contributed by atoms with E-state index in [1.807, 2.05) is 4.90 Å². The average molecular weight is 372 g/mol. The Morgan fingerprint density at radius 3 is 2.59 bits per heavy atom. The van der Waals surface area contributed by atoms with Crippen molar-refractivity contribution in [1.29, 1.82) is 0 Å². The summed E-state index contributed by atoms with van der Waals surface area (Å²) in [6.07, 6.45) is 1.83. The van der Waals surface area contributed by atoms with Gasteiger partial charge in [0.05, 0.1) is 6.04 Å². The molecule has 27 heavy (non-hydrogen) atoms. The van der Waals surface area contributed by atoms with Gasteiger partial charge in [-0.1, -0.05) is 31.2 Å². The lowest BCUT2D eigenvalue weighted by molar-refractivity contribution is -0.135. The van der Waals surface area contributed by atoms with E-state index in [4.69, 9.17) is 0 Å². The lowest BCUT2D eigenvalue weighted by atomic mass is 10.0. The second-order valence-corrected chi connectivity index (χ2v) is 7.19. The molecule has 2 aliphatic rings. The van der Waals surface area contributed by atoms with Crippen LogP contribution in [-0.4, -0.2) is 72.3 Å². The van der Waals surface area contributed by atoms with E-state index in [1.165, 1.54) is 15.4 Å². The third-order valence-electron chi connectivity index (χ3n) is 5.34. The van der Waals surface area contributed by atoms with Crippen molar-refractivity contribution in [2.45, 2.75) is 32.2 Å². The van der Waals surface area contributed by atoms with Crippen molar-refractivity contribution in [3.05, 3.63) is 35.4 Å². The largest absolute Gasteiger partial charge is 0.333 e. The second-order valence-electron chi connectivity index (χ2n) is 7.19. The van der Waals surface area contributed by atoms with Crippen molar-refractivity contribution in [2.24, 2.45) is 0 Å². The van der Waals surface area contributed by atoms with E-state index >= 15 is 0 Å². The zero-order chi connectivity index (χ0) is 19.4. The Morgan fingerprint density at radius 2 is 1.96 bits per heavy atom. The minimum atomic E-state index is -0.275. The number of amides is 4. The number of benzene rings is 1. The lowest BCUT2D eigenvalue weighted by Gasteiger charge is -2.37. The molecule has 1 aromatic carbocycles. The fraction of sp³-hybridized carbons (Fsp3) is 0.550. The number of urea groups is 1. The number of piperazine rings is 1. The van der Waals surface area contributed by atoms with Crippen LogP contribution in [0.2, 0.25) is 0 Å². The zero-order valence-corrected chi connectivity index (χ0v) is 16.1. The summed E-state index contributed by atoms with van der Waals surface area (Å²) in [7, 11) is 1.61. The fourth-order valence-electron chi connectivity index (χ4n) is 3.70. The standard InChI is InChI=1S/C20H28N4O3/c1-3-15-6-8-16(9-7-15)17-13-21-10-12-23(17)18(25)5-4-11-24-19(26)14-22(2)20(24)27/h6-9,17,21H,3-5,10-14H2,1-2H3. The first-order valence-corrected chi connectivity index (χ1v) is 9.65. The predicted octanol–water partition coefficient (Wildman–Crippen LogP) is 1.40. The number of likely N-dealkylation sites (N-methyl/N-ethyl adjacent to an activating group) is 1. The normalized spacial score (nSPS) is 20.5. The SMILES string of the molecule is CCc1ccc(C2CNCCN2C(=O)CCCN2C(=O)CN(C)C2=O)cc1. The Hall–Kier alpha value is -2.41. The van der Waals surface area contributed by atoms with Crippen LogP contribution in [0.25, 0.3) is 0 Å². The van der Waals surface area contributed by atoms with E-state index in [0.717, 1.165) is 25.1 Å². The van der Waals surface area contributed by atoms with Crippen LogP contribution in [0.5, 0.6) is 0 Å². The number of carbonyl (C=O) groups is 3. The molecule has 146 valence electrons. The van der Waals surface area contributed by atoms with Gasteiger partial charge in [-0.25, -0.2) is 4.79 Å². The highest BCUT2D eigenvalue weighted by Gasteiger charge is 2.33. The molecule has 2 fully saturated rings. The molecule has 1 aromatic rings. The van der Waals surface area contributed by atoms with Crippen LogP contribution in [0, 0.1) is 0 Å². The van der Waals surface area contributed by atoms with Crippen LogP contribution < -0.4 is 5.32 Å². The van der Waals surface area contributed by atoms with Crippen molar-refractivity contribution in [1.82, 2.24) is 20.0 Å². The Balaban J connectivity index is 1.58. The van der Waals surface area contributed by atoms with Gasteiger partial charge in [0.1, 0.15) is 6.54 Å². The Bertz CT molecular complexity index is 704. The number of rotatable bonds is 6. The number of hydrogen-bond acceptors (Lipinski definition) is 4. The van der Waals surface area contributed by atoms with E-state index in [-0.39, 0.29) is 30.4 Å². The monoisotopic (exact) mass is 372 g/mol. The van der Waals surface area contributed by atoms with Crippen LogP contribution in [0.1, 0.15) is 36.9 Å². The molecule has 2 aliphatic heterocycles. The van der Waals surface area contributed by atoms with Gasteiger partial charge in [0.15, 0.2) is 0 Å². The molecule has 0 aliphatic carbocycles. The second kappa shape index (κ2) is 8.52. The van der Waals surface area contributed by atoms with Gasteiger partial charge in [-0.05, 0) is 24.0 Å². The summed E-state index contributed by atoms with van der Waals surface area (Å²) >= 11 is 0. The van der Waals surface area contributed by atoms with Crippen molar-refractivity contribution in [2.75, 3.05) is 39.8 Å². The molecule has 0 bridgehead atoms. The molecule has 1 atom stereocenters. The molecule has 1 unspecified atom stereocenters. The van der Waals surface area contributed by atoms with Gasteiger partial charge in [-0.2, -0.15) is 0 Å². The molecule has 2 heterocycles. The highest BCUT2D eigenvalue weighted by Crippen LogP contribution is 2.24. The lowest BCUT2D eigenvalue weighted by Crippen LogP contribution is -2.48. The van der Waals surface area contributed by atoms with Gasteiger partial charge >= 0.3 is 6.03 Å². The van der Waals surface area contributed by atoms with Gasteiger partial charge < -0.3 is 15.1 Å². The van der Waals surface area contributed by atoms with E-state index in [1.54, 1.807) is 7.05 Å². The number of hydrogen-bond donors (Lipinski definition) is 1. The number of nitrogens with zero attached hydrogens (tertiary/aromatic N) is 3. The molecule has 0 spiro atoms. The third kappa shape index (κ3) is 4.30. The minimum absolute atomic E-state index is 0.0262. The number of nitrogens with one attached hydrogen (secondary N) is 1. The highest BCUT2D eigenvalue weighted by atomic mass is 16.2. The Labute approximate surface area is 160 Å². The molecule has 0 aromatic heterocycles. The molecule has 3 rings (SSSR count). The van der Waals surface area contributed by atoms with Gasteiger partial charge in [0.25, 0.3) is 0 Å².